The molecule has 1 N–H and O–H groups in total. The molecule has 0 saturated carbocycles. The highest BCUT2D eigenvalue weighted by atomic mass is 79.9. The van der Waals surface area contributed by atoms with Crippen LogP contribution >= 0.6 is 15.9 Å². The van der Waals surface area contributed by atoms with E-state index in [9.17, 15) is 4.79 Å². The molecule has 0 bridgehead atoms. The predicted molar refractivity (Wildman–Crippen MR) is 87.0 cm³/mol. The molecule has 1 aliphatic heterocycles. The van der Waals surface area contributed by atoms with Crippen LogP contribution in [0.25, 0.3) is 0 Å². The van der Waals surface area contributed by atoms with E-state index in [2.05, 4.69) is 45.5 Å². The zero-order valence-electron chi connectivity index (χ0n) is 11.6. The molecule has 21 heavy (non-hydrogen) atoms. The minimum absolute atomic E-state index is 0.0287. The van der Waals surface area contributed by atoms with Gasteiger partial charge in [-0.25, -0.2) is 4.79 Å². The summed E-state index contributed by atoms with van der Waals surface area (Å²) in [6.45, 7) is 1.37. The van der Waals surface area contributed by atoms with Crippen molar-refractivity contribution in [3.63, 3.8) is 0 Å². The first kappa shape index (κ1) is 14.1. The SMILES string of the molecule is O=C1NCC(Cc2ccc(Br)cc2)N1Cc1ccccc1. The monoisotopic (exact) mass is 344 g/mol. The fourth-order valence-electron chi connectivity index (χ4n) is 2.64. The summed E-state index contributed by atoms with van der Waals surface area (Å²) in [6.07, 6.45) is 0.874. The van der Waals surface area contributed by atoms with Gasteiger partial charge in [0.2, 0.25) is 0 Å². The number of rotatable bonds is 4. The zero-order chi connectivity index (χ0) is 14.7. The molecule has 0 spiro atoms. The minimum Gasteiger partial charge on any atom is -0.336 e. The number of halogens is 1. The van der Waals surface area contributed by atoms with Crippen molar-refractivity contribution >= 4 is 22.0 Å². The van der Waals surface area contributed by atoms with Gasteiger partial charge in [-0.05, 0) is 29.7 Å². The van der Waals surface area contributed by atoms with Gasteiger partial charge < -0.3 is 10.2 Å². The molecule has 2 aromatic rings. The molecule has 2 aromatic carbocycles. The number of hydrogen-bond acceptors (Lipinski definition) is 1. The maximum Gasteiger partial charge on any atom is 0.318 e. The molecule has 1 fully saturated rings. The molecule has 1 heterocycles. The zero-order valence-corrected chi connectivity index (χ0v) is 13.2. The highest BCUT2D eigenvalue weighted by Gasteiger charge is 2.30. The summed E-state index contributed by atoms with van der Waals surface area (Å²) in [4.78, 5) is 14.0. The average molecular weight is 345 g/mol. The lowest BCUT2D eigenvalue weighted by atomic mass is 10.1. The van der Waals surface area contributed by atoms with Crippen LogP contribution in [0.4, 0.5) is 4.79 Å². The third kappa shape index (κ3) is 3.45. The molecule has 1 unspecified atom stereocenters. The Morgan fingerprint density at radius 3 is 2.48 bits per heavy atom. The lowest BCUT2D eigenvalue weighted by molar-refractivity contribution is 0.200. The number of carbonyl (C=O) groups excluding carboxylic acids is 1. The molecule has 2 amide bonds. The Hall–Kier alpha value is -1.81. The number of hydrogen-bond donors (Lipinski definition) is 1. The second-order valence-corrected chi connectivity index (χ2v) is 6.20. The van der Waals surface area contributed by atoms with E-state index < -0.39 is 0 Å². The third-order valence-electron chi connectivity index (χ3n) is 3.77. The van der Waals surface area contributed by atoms with E-state index in [1.165, 1.54) is 5.56 Å². The number of carbonyl (C=O) groups is 1. The van der Waals surface area contributed by atoms with Crippen LogP contribution in [0.5, 0.6) is 0 Å². The minimum atomic E-state index is 0.0287. The average Bonchev–Trinajstić information content (AvgIpc) is 2.84. The first-order valence-corrected chi connectivity index (χ1v) is 7.84. The van der Waals surface area contributed by atoms with Crippen molar-refractivity contribution in [2.45, 2.75) is 19.0 Å². The Morgan fingerprint density at radius 1 is 1.05 bits per heavy atom. The van der Waals surface area contributed by atoms with E-state index in [4.69, 9.17) is 0 Å². The number of benzene rings is 2. The Bertz CT molecular complexity index is 612. The van der Waals surface area contributed by atoms with Gasteiger partial charge in [0, 0.05) is 17.6 Å². The molecular weight excluding hydrogens is 328 g/mol. The first-order chi connectivity index (χ1) is 10.2. The van der Waals surface area contributed by atoms with E-state index in [-0.39, 0.29) is 12.1 Å². The fraction of sp³-hybridized carbons (Fsp3) is 0.235. The van der Waals surface area contributed by atoms with Gasteiger partial charge in [-0.1, -0.05) is 58.4 Å². The summed E-state index contributed by atoms with van der Waals surface area (Å²) in [5, 5.41) is 2.95. The molecule has 3 nitrogen and oxygen atoms in total. The summed E-state index contributed by atoms with van der Waals surface area (Å²) in [7, 11) is 0. The molecule has 1 atom stereocenters. The van der Waals surface area contributed by atoms with Crippen LogP contribution in [0.1, 0.15) is 11.1 Å². The smallest absolute Gasteiger partial charge is 0.318 e. The number of urea groups is 1. The van der Waals surface area contributed by atoms with Crippen LogP contribution in [0.3, 0.4) is 0 Å². The standard InChI is InChI=1S/C17H17BrN2O/c18-15-8-6-13(7-9-15)10-16-11-19-17(21)20(16)12-14-4-2-1-3-5-14/h1-9,16H,10-12H2,(H,19,21). The molecule has 108 valence electrons. The Balaban J connectivity index is 1.71. The molecule has 4 heteroatoms. The van der Waals surface area contributed by atoms with Gasteiger partial charge in [-0.3, -0.25) is 0 Å². The van der Waals surface area contributed by atoms with Crippen LogP contribution in [-0.4, -0.2) is 23.5 Å². The van der Waals surface area contributed by atoms with Gasteiger partial charge in [0.15, 0.2) is 0 Å². The predicted octanol–water partition coefficient (Wildman–Crippen LogP) is 3.59. The third-order valence-corrected chi connectivity index (χ3v) is 4.30. The van der Waals surface area contributed by atoms with Crippen molar-refractivity contribution in [1.29, 1.82) is 0 Å². The highest BCUT2D eigenvalue weighted by molar-refractivity contribution is 9.10. The van der Waals surface area contributed by atoms with Crippen LogP contribution in [-0.2, 0) is 13.0 Å². The normalized spacial score (nSPS) is 17.9. The van der Waals surface area contributed by atoms with Crippen molar-refractivity contribution in [2.75, 3.05) is 6.54 Å². The van der Waals surface area contributed by atoms with E-state index >= 15 is 0 Å². The van der Waals surface area contributed by atoms with Crippen molar-refractivity contribution in [2.24, 2.45) is 0 Å². The highest BCUT2D eigenvalue weighted by Crippen LogP contribution is 2.18. The van der Waals surface area contributed by atoms with Gasteiger partial charge in [-0.15, -0.1) is 0 Å². The quantitative estimate of drug-likeness (QED) is 0.903. The van der Waals surface area contributed by atoms with E-state index in [0.717, 1.165) is 16.5 Å². The van der Waals surface area contributed by atoms with Gasteiger partial charge in [-0.2, -0.15) is 0 Å². The maximum absolute atomic E-state index is 12.0. The first-order valence-electron chi connectivity index (χ1n) is 7.05. The van der Waals surface area contributed by atoms with Gasteiger partial charge in [0.25, 0.3) is 0 Å². The largest absolute Gasteiger partial charge is 0.336 e. The number of nitrogens with one attached hydrogen (secondary N) is 1. The molecule has 1 saturated heterocycles. The summed E-state index contributed by atoms with van der Waals surface area (Å²) in [6, 6.07) is 18.7. The summed E-state index contributed by atoms with van der Waals surface area (Å²) >= 11 is 3.45. The maximum atomic E-state index is 12.0. The topological polar surface area (TPSA) is 32.3 Å². The van der Waals surface area contributed by atoms with Crippen molar-refractivity contribution in [1.82, 2.24) is 10.2 Å². The van der Waals surface area contributed by atoms with Gasteiger partial charge in [0.1, 0.15) is 0 Å². The van der Waals surface area contributed by atoms with Crippen molar-refractivity contribution < 1.29 is 4.79 Å². The van der Waals surface area contributed by atoms with E-state index in [1.807, 2.05) is 35.2 Å². The molecule has 0 radical (unpaired) electrons. The van der Waals surface area contributed by atoms with E-state index in [0.29, 0.717) is 13.1 Å². The molecule has 1 aliphatic rings. The molecular formula is C17H17BrN2O. The van der Waals surface area contributed by atoms with Crippen molar-refractivity contribution in [3.8, 4) is 0 Å². The summed E-state index contributed by atoms with van der Waals surface area (Å²) < 4.78 is 1.08. The van der Waals surface area contributed by atoms with Gasteiger partial charge >= 0.3 is 6.03 Å². The second kappa shape index (κ2) is 6.31. The Morgan fingerprint density at radius 2 is 1.76 bits per heavy atom. The van der Waals surface area contributed by atoms with E-state index in [1.54, 1.807) is 0 Å². The van der Waals surface area contributed by atoms with Crippen LogP contribution in [0, 0.1) is 0 Å². The molecule has 0 aromatic heterocycles. The second-order valence-electron chi connectivity index (χ2n) is 5.28. The number of amides is 2. The van der Waals surface area contributed by atoms with Crippen LogP contribution in [0.15, 0.2) is 59.1 Å². The lowest BCUT2D eigenvalue weighted by Gasteiger charge is -2.23. The fourth-order valence-corrected chi connectivity index (χ4v) is 2.90. The summed E-state index contributed by atoms with van der Waals surface area (Å²) in [5.74, 6) is 0. The molecule has 0 aliphatic carbocycles. The van der Waals surface area contributed by atoms with Crippen LogP contribution in [0.2, 0.25) is 0 Å². The lowest BCUT2D eigenvalue weighted by Crippen LogP contribution is -2.34. The Labute approximate surface area is 133 Å². The van der Waals surface area contributed by atoms with Crippen LogP contribution < -0.4 is 5.32 Å². The Kier molecular flexibility index (Phi) is 4.25. The summed E-state index contributed by atoms with van der Waals surface area (Å²) in [5.41, 5.74) is 2.41. The van der Waals surface area contributed by atoms with Gasteiger partial charge in [0.05, 0.1) is 6.04 Å². The van der Waals surface area contributed by atoms with Crippen molar-refractivity contribution in [3.05, 3.63) is 70.2 Å². The molecule has 3 rings (SSSR count). The number of nitrogens with zero attached hydrogens (tertiary/aromatic N) is 1.